The third kappa shape index (κ3) is 4.52. The average molecular weight is 465 g/mol. The molecule has 0 saturated heterocycles. The van der Waals surface area contributed by atoms with Gasteiger partial charge in [0.1, 0.15) is 12.1 Å². The van der Waals surface area contributed by atoms with Gasteiger partial charge in [-0.15, -0.1) is 0 Å². The Bertz CT molecular complexity index is 1030. The Balaban J connectivity index is 1.31. The largest absolute Gasteiger partial charge is 0.480 e. The summed E-state index contributed by atoms with van der Waals surface area (Å²) < 4.78 is 5.62. The van der Waals surface area contributed by atoms with Crippen LogP contribution in [0.25, 0.3) is 11.1 Å². The van der Waals surface area contributed by atoms with Crippen LogP contribution < -0.4 is 10.6 Å². The summed E-state index contributed by atoms with van der Waals surface area (Å²) in [5, 5.41) is 15.2. The number of aliphatic carboxylic acids is 1. The van der Waals surface area contributed by atoms with Crippen molar-refractivity contribution in [2.45, 2.75) is 63.5 Å². The van der Waals surface area contributed by atoms with E-state index in [0.29, 0.717) is 32.1 Å². The molecule has 7 heteroatoms. The quantitative estimate of drug-likeness (QED) is 0.535. The maximum absolute atomic E-state index is 12.7. The zero-order valence-electron chi connectivity index (χ0n) is 19.7. The first kappa shape index (κ1) is 23.8. The lowest BCUT2D eigenvalue weighted by molar-refractivity contribution is -0.148. The zero-order chi connectivity index (χ0) is 24.3. The topological polar surface area (TPSA) is 105 Å². The molecule has 4 rings (SSSR count). The average Bonchev–Trinajstić information content (AvgIpc) is 3.44. The molecule has 1 saturated carbocycles. The molecule has 2 unspecified atom stereocenters. The van der Waals surface area contributed by atoms with Crippen molar-refractivity contribution in [2.24, 2.45) is 5.92 Å². The third-order valence-electron chi connectivity index (χ3n) is 7.45. The number of benzene rings is 2. The maximum Gasteiger partial charge on any atom is 0.407 e. The van der Waals surface area contributed by atoms with Crippen molar-refractivity contribution in [3.63, 3.8) is 0 Å². The van der Waals surface area contributed by atoms with E-state index in [1.165, 1.54) is 11.1 Å². The summed E-state index contributed by atoms with van der Waals surface area (Å²) >= 11 is 0. The van der Waals surface area contributed by atoms with Crippen molar-refractivity contribution in [1.82, 2.24) is 10.6 Å². The smallest absolute Gasteiger partial charge is 0.407 e. The van der Waals surface area contributed by atoms with E-state index in [2.05, 4.69) is 34.9 Å². The molecule has 180 valence electrons. The van der Waals surface area contributed by atoms with E-state index in [-0.39, 0.29) is 30.4 Å². The number of hydrogen-bond acceptors (Lipinski definition) is 4. The minimum Gasteiger partial charge on any atom is -0.480 e. The van der Waals surface area contributed by atoms with E-state index in [1.54, 1.807) is 13.8 Å². The molecular weight excluding hydrogens is 432 g/mol. The number of hydrogen-bond donors (Lipinski definition) is 3. The molecular formula is C27H32N2O5. The summed E-state index contributed by atoms with van der Waals surface area (Å²) in [6.45, 7) is 3.76. The highest BCUT2D eigenvalue weighted by Gasteiger charge is 2.40. The number of rotatable bonds is 8. The second kappa shape index (κ2) is 9.87. The number of nitrogens with one attached hydrogen (secondary N) is 2. The number of carbonyl (C=O) groups is 3. The van der Waals surface area contributed by atoms with Gasteiger partial charge in [-0.1, -0.05) is 62.4 Å². The third-order valence-corrected chi connectivity index (χ3v) is 7.45. The highest BCUT2D eigenvalue weighted by Crippen LogP contribution is 2.44. The van der Waals surface area contributed by atoms with Gasteiger partial charge in [-0.3, -0.25) is 4.79 Å². The van der Waals surface area contributed by atoms with E-state index in [9.17, 15) is 19.5 Å². The van der Waals surface area contributed by atoms with Crippen molar-refractivity contribution in [1.29, 1.82) is 0 Å². The molecule has 2 aromatic carbocycles. The van der Waals surface area contributed by atoms with Crippen LogP contribution in [0.5, 0.6) is 0 Å². The summed E-state index contributed by atoms with van der Waals surface area (Å²) in [6, 6.07) is 16.2. The van der Waals surface area contributed by atoms with Crippen LogP contribution in [-0.2, 0) is 14.3 Å². The molecule has 0 spiro atoms. The Morgan fingerprint density at radius 2 is 1.56 bits per heavy atom. The lowest BCUT2D eigenvalue weighted by atomic mass is 9.91. The molecule has 1 fully saturated rings. The van der Waals surface area contributed by atoms with Crippen LogP contribution in [0.4, 0.5) is 4.79 Å². The maximum atomic E-state index is 12.7. The standard InChI is InChI=1S/C27H32N2O5/c1-3-27(4-2,25(31)32)29-24(30)17-13-14-18(15-17)28-26(33)34-16-23-21-11-7-5-9-19(21)20-10-6-8-12-22(20)23/h5-12,17-18,23H,3-4,13-16H2,1-2H3,(H,28,33)(H,29,30)(H,31,32). The predicted octanol–water partition coefficient (Wildman–Crippen LogP) is 4.45. The molecule has 3 N–H and O–H groups in total. The fourth-order valence-corrected chi connectivity index (χ4v) is 5.28. The molecule has 7 nitrogen and oxygen atoms in total. The van der Waals surface area contributed by atoms with Gasteiger partial charge in [0.15, 0.2) is 0 Å². The van der Waals surface area contributed by atoms with Crippen molar-refractivity contribution < 1.29 is 24.2 Å². The van der Waals surface area contributed by atoms with E-state index >= 15 is 0 Å². The summed E-state index contributed by atoms with van der Waals surface area (Å²) in [5.41, 5.74) is 3.42. The fourth-order valence-electron chi connectivity index (χ4n) is 5.28. The second-order valence-electron chi connectivity index (χ2n) is 9.26. The Labute approximate surface area is 199 Å². The van der Waals surface area contributed by atoms with Gasteiger partial charge in [-0.2, -0.15) is 0 Å². The van der Waals surface area contributed by atoms with Crippen LogP contribution in [0.1, 0.15) is 63.0 Å². The van der Waals surface area contributed by atoms with Crippen LogP contribution in [0, 0.1) is 5.92 Å². The molecule has 0 aromatic heterocycles. The van der Waals surface area contributed by atoms with Crippen molar-refractivity contribution >= 4 is 18.0 Å². The van der Waals surface area contributed by atoms with Crippen molar-refractivity contribution in [3.05, 3.63) is 59.7 Å². The Morgan fingerprint density at radius 3 is 2.12 bits per heavy atom. The first-order chi connectivity index (χ1) is 16.4. The number of alkyl carbamates (subject to hydrolysis) is 1. The van der Waals surface area contributed by atoms with E-state index < -0.39 is 17.6 Å². The van der Waals surface area contributed by atoms with E-state index in [4.69, 9.17) is 4.74 Å². The van der Waals surface area contributed by atoms with Gasteiger partial charge in [0.2, 0.25) is 5.91 Å². The zero-order valence-corrected chi connectivity index (χ0v) is 19.7. The number of carbonyl (C=O) groups excluding carboxylic acids is 2. The van der Waals surface area contributed by atoms with Gasteiger partial charge >= 0.3 is 12.1 Å². The van der Waals surface area contributed by atoms with Crippen molar-refractivity contribution in [2.75, 3.05) is 6.61 Å². The molecule has 0 radical (unpaired) electrons. The van der Waals surface area contributed by atoms with E-state index in [1.807, 2.05) is 24.3 Å². The molecule has 34 heavy (non-hydrogen) atoms. The van der Waals surface area contributed by atoms with Gasteiger partial charge in [0.25, 0.3) is 0 Å². The van der Waals surface area contributed by atoms with Crippen LogP contribution in [0.2, 0.25) is 0 Å². The molecule has 2 atom stereocenters. The molecule has 0 bridgehead atoms. The summed E-state index contributed by atoms with van der Waals surface area (Å²) in [7, 11) is 0. The van der Waals surface area contributed by atoms with Gasteiger partial charge < -0.3 is 20.5 Å². The number of carboxylic acids is 1. The number of fused-ring (bicyclic) bond motifs is 3. The minimum atomic E-state index is -1.24. The summed E-state index contributed by atoms with van der Waals surface area (Å²) in [6.07, 6.45) is 1.87. The minimum absolute atomic E-state index is 0.00696. The lowest BCUT2D eigenvalue weighted by Crippen LogP contribution is -2.55. The van der Waals surface area contributed by atoms with Crippen LogP contribution >= 0.6 is 0 Å². The van der Waals surface area contributed by atoms with Crippen molar-refractivity contribution in [3.8, 4) is 11.1 Å². The first-order valence-electron chi connectivity index (χ1n) is 12.1. The molecule has 2 aromatic rings. The number of amides is 2. The molecule has 2 amide bonds. The lowest BCUT2D eigenvalue weighted by Gasteiger charge is -2.29. The van der Waals surface area contributed by atoms with Gasteiger partial charge in [0, 0.05) is 17.9 Å². The second-order valence-corrected chi connectivity index (χ2v) is 9.26. The number of carboxylic acid groups (broad SMARTS) is 1. The normalized spacial score (nSPS) is 19.2. The molecule has 2 aliphatic carbocycles. The summed E-state index contributed by atoms with van der Waals surface area (Å²) in [5.74, 6) is -1.61. The number of ether oxygens (including phenoxy) is 1. The SMILES string of the molecule is CCC(CC)(NC(=O)C1CCC(NC(=O)OCC2c3ccccc3-c3ccccc32)C1)C(=O)O. The van der Waals surface area contributed by atoms with Gasteiger partial charge in [0.05, 0.1) is 0 Å². The van der Waals surface area contributed by atoms with Crippen LogP contribution in [0.3, 0.4) is 0 Å². The van der Waals surface area contributed by atoms with Crippen LogP contribution in [-0.4, -0.2) is 41.3 Å². The van der Waals surface area contributed by atoms with Gasteiger partial charge in [-0.25, -0.2) is 9.59 Å². The Kier molecular flexibility index (Phi) is 6.91. The molecule has 2 aliphatic rings. The highest BCUT2D eigenvalue weighted by molar-refractivity contribution is 5.88. The fraction of sp³-hybridized carbons (Fsp3) is 0.444. The molecule has 0 heterocycles. The van der Waals surface area contributed by atoms with Gasteiger partial charge in [-0.05, 0) is 54.4 Å². The Hall–Kier alpha value is -3.35. The predicted molar refractivity (Wildman–Crippen MR) is 128 cm³/mol. The van der Waals surface area contributed by atoms with E-state index in [0.717, 1.165) is 11.1 Å². The Morgan fingerprint density at radius 1 is 0.971 bits per heavy atom. The first-order valence-corrected chi connectivity index (χ1v) is 12.1. The monoisotopic (exact) mass is 464 g/mol. The van der Waals surface area contributed by atoms with Crippen LogP contribution in [0.15, 0.2) is 48.5 Å². The molecule has 0 aliphatic heterocycles. The highest BCUT2D eigenvalue weighted by atomic mass is 16.5. The summed E-state index contributed by atoms with van der Waals surface area (Å²) in [4.78, 5) is 37.0.